The minimum atomic E-state index is 0. The van der Waals surface area contributed by atoms with Gasteiger partial charge in [-0.1, -0.05) is 35.9 Å². The lowest BCUT2D eigenvalue weighted by molar-refractivity contribution is 0.792. The van der Waals surface area contributed by atoms with Crippen LogP contribution in [0.15, 0.2) is 53.5 Å². The first-order valence-corrected chi connectivity index (χ1v) is 9.32. The van der Waals surface area contributed by atoms with Gasteiger partial charge in [0.1, 0.15) is 5.82 Å². The number of guanidine groups is 1. The molecule has 27 heavy (non-hydrogen) atoms. The highest BCUT2D eigenvalue weighted by Gasteiger charge is 2.02. The van der Waals surface area contributed by atoms with Crippen molar-refractivity contribution in [3.05, 3.63) is 64.9 Å². The number of fused-ring (bicyclic) bond motifs is 1. The monoisotopic (exact) mass is 497 g/mol. The summed E-state index contributed by atoms with van der Waals surface area (Å²) in [5.41, 5.74) is 3.32. The van der Waals surface area contributed by atoms with E-state index < -0.39 is 0 Å². The van der Waals surface area contributed by atoms with Crippen LogP contribution in [0.2, 0.25) is 5.02 Å². The average molecular weight is 498 g/mol. The minimum absolute atomic E-state index is 0. The van der Waals surface area contributed by atoms with E-state index in [9.17, 15) is 0 Å². The fourth-order valence-corrected chi connectivity index (χ4v) is 2.84. The number of aromatic nitrogens is 2. The second-order valence-electron chi connectivity index (χ2n) is 6.01. The maximum absolute atomic E-state index is 5.92. The molecule has 5 nitrogen and oxygen atoms in total. The Morgan fingerprint density at radius 3 is 2.59 bits per heavy atom. The first-order valence-electron chi connectivity index (χ1n) is 8.95. The third-order valence-corrected chi connectivity index (χ3v) is 4.27. The number of nitrogens with one attached hydrogen (secondary N) is 3. The second-order valence-corrected chi connectivity index (χ2v) is 6.45. The number of hydrogen-bond donors (Lipinski definition) is 3. The highest BCUT2D eigenvalue weighted by atomic mass is 127. The Balaban J connectivity index is 0.00000261. The van der Waals surface area contributed by atoms with Gasteiger partial charge in [0.2, 0.25) is 0 Å². The van der Waals surface area contributed by atoms with E-state index in [1.807, 2.05) is 36.4 Å². The molecule has 1 aromatic heterocycles. The van der Waals surface area contributed by atoms with Crippen molar-refractivity contribution >= 4 is 52.6 Å². The second kappa shape index (κ2) is 11.1. The van der Waals surface area contributed by atoms with E-state index in [0.29, 0.717) is 6.54 Å². The van der Waals surface area contributed by atoms with Crippen molar-refractivity contribution < 1.29 is 0 Å². The summed E-state index contributed by atoms with van der Waals surface area (Å²) in [7, 11) is 0. The molecule has 0 amide bonds. The quantitative estimate of drug-likeness (QED) is 0.261. The van der Waals surface area contributed by atoms with Crippen molar-refractivity contribution in [2.75, 3.05) is 19.6 Å². The van der Waals surface area contributed by atoms with Crippen LogP contribution in [0.3, 0.4) is 0 Å². The molecule has 7 heteroatoms. The maximum Gasteiger partial charge on any atom is 0.191 e. The number of aromatic amines is 1. The lowest BCUT2D eigenvalue weighted by Crippen LogP contribution is -2.38. The standard InChI is InChI=1S/C20H24ClN5.HI/c1-2-22-20(23-13-11-15-7-9-16(21)10-8-15)24-14-12-19-25-17-5-3-4-6-18(17)26-19;/h3-10H,2,11-14H2,1H3,(H,25,26)(H2,22,23,24);1H. The molecule has 0 spiro atoms. The Bertz CT molecular complexity index is 827. The van der Waals surface area contributed by atoms with E-state index in [-0.39, 0.29) is 24.0 Å². The molecule has 0 radical (unpaired) electrons. The lowest BCUT2D eigenvalue weighted by atomic mass is 10.1. The predicted octanol–water partition coefficient (Wildman–Crippen LogP) is 4.17. The summed E-state index contributed by atoms with van der Waals surface area (Å²) in [6.45, 7) is 4.39. The Kier molecular flexibility index (Phi) is 8.87. The highest BCUT2D eigenvalue weighted by Crippen LogP contribution is 2.11. The summed E-state index contributed by atoms with van der Waals surface area (Å²) in [5, 5.41) is 7.42. The molecule has 3 N–H and O–H groups in total. The average Bonchev–Trinajstić information content (AvgIpc) is 3.06. The first-order chi connectivity index (χ1) is 12.7. The van der Waals surface area contributed by atoms with E-state index in [1.54, 1.807) is 0 Å². The maximum atomic E-state index is 5.92. The molecular formula is C20H25ClIN5. The van der Waals surface area contributed by atoms with E-state index in [2.05, 4.69) is 44.7 Å². The summed E-state index contributed by atoms with van der Waals surface area (Å²) in [6, 6.07) is 16.0. The number of halogens is 2. The van der Waals surface area contributed by atoms with Crippen molar-refractivity contribution in [2.45, 2.75) is 19.8 Å². The molecular weight excluding hydrogens is 473 g/mol. The molecule has 0 saturated carbocycles. The lowest BCUT2D eigenvalue weighted by Gasteiger charge is -2.11. The van der Waals surface area contributed by atoms with E-state index >= 15 is 0 Å². The van der Waals surface area contributed by atoms with E-state index in [4.69, 9.17) is 11.6 Å². The summed E-state index contributed by atoms with van der Waals surface area (Å²) in [5.74, 6) is 1.80. The number of imidazole rings is 1. The van der Waals surface area contributed by atoms with E-state index in [1.165, 1.54) is 5.56 Å². The Labute approximate surface area is 182 Å². The predicted molar refractivity (Wildman–Crippen MR) is 124 cm³/mol. The molecule has 0 atom stereocenters. The zero-order valence-corrected chi connectivity index (χ0v) is 18.4. The van der Waals surface area contributed by atoms with Gasteiger partial charge >= 0.3 is 0 Å². The summed E-state index contributed by atoms with van der Waals surface area (Å²) in [6.07, 6.45) is 1.70. The number of para-hydroxylation sites is 2. The van der Waals surface area contributed by atoms with Gasteiger partial charge in [-0.25, -0.2) is 4.98 Å². The fraction of sp³-hybridized carbons (Fsp3) is 0.300. The zero-order valence-electron chi connectivity index (χ0n) is 15.3. The molecule has 3 rings (SSSR count). The molecule has 0 aliphatic heterocycles. The van der Waals surface area contributed by atoms with Gasteiger partial charge in [-0.05, 0) is 43.2 Å². The molecule has 0 aliphatic rings. The van der Waals surface area contributed by atoms with Gasteiger partial charge in [-0.15, -0.1) is 24.0 Å². The number of rotatable bonds is 7. The number of hydrogen-bond acceptors (Lipinski definition) is 2. The van der Waals surface area contributed by atoms with Crippen LogP contribution in [-0.4, -0.2) is 35.6 Å². The van der Waals surface area contributed by atoms with Crippen molar-refractivity contribution in [3.8, 4) is 0 Å². The van der Waals surface area contributed by atoms with Crippen LogP contribution in [0.25, 0.3) is 11.0 Å². The fourth-order valence-electron chi connectivity index (χ4n) is 2.72. The van der Waals surface area contributed by atoms with Crippen molar-refractivity contribution in [1.29, 1.82) is 0 Å². The van der Waals surface area contributed by atoms with Gasteiger partial charge < -0.3 is 15.6 Å². The van der Waals surface area contributed by atoms with Gasteiger partial charge in [0.25, 0.3) is 0 Å². The summed E-state index contributed by atoms with van der Waals surface area (Å²) < 4.78 is 0. The van der Waals surface area contributed by atoms with Crippen LogP contribution in [0.1, 0.15) is 18.3 Å². The number of H-pyrrole nitrogens is 1. The summed E-state index contributed by atoms with van der Waals surface area (Å²) in [4.78, 5) is 12.6. The van der Waals surface area contributed by atoms with Crippen LogP contribution in [-0.2, 0) is 12.8 Å². The van der Waals surface area contributed by atoms with Gasteiger partial charge in [-0.2, -0.15) is 0 Å². The largest absolute Gasteiger partial charge is 0.357 e. The molecule has 0 fully saturated rings. The molecule has 0 saturated heterocycles. The van der Waals surface area contributed by atoms with Gasteiger partial charge in [0.05, 0.1) is 11.0 Å². The normalized spacial score (nSPS) is 11.3. The van der Waals surface area contributed by atoms with Gasteiger partial charge in [0.15, 0.2) is 5.96 Å². The molecule has 144 valence electrons. The number of nitrogens with zero attached hydrogens (tertiary/aromatic N) is 2. The Morgan fingerprint density at radius 1 is 1.07 bits per heavy atom. The zero-order chi connectivity index (χ0) is 18.2. The molecule has 0 aliphatic carbocycles. The van der Waals surface area contributed by atoms with Crippen LogP contribution in [0.5, 0.6) is 0 Å². The molecule has 3 aromatic rings. The first kappa shape index (κ1) is 21.5. The van der Waals surface area contributed by atoms with Crippen LogP contribution < -0.4 is 10.6 Å². The summed E-state index contributed by atoms with van der Waals surface area (Å²) >= 11 is 5.92. The van der Waals surface area contributed by atoms with Crippen LogP contribution >= 0.6 is 35.6 Å². The van der Waals surface area contributed by atoms with Crippen molar-refractivity contribution in [2.24, 2.45) is 4.99 Å². The Hall–Kier alpha value is -1.80. The van der Waals surface area contributed by atoms with Crippen molar-refractivity contribution in [1.82, 2.24) is 20.6 Å². The van der Waals surface area contributed by atoms with Crippen molar-refractivity contribution in [3.63, 3.8) is 0 Å². The molecule has 0 unspecified atom stereocenters. The third kappa shape index (κ3) is 6.70. The topological polar surface area (TPSA) is 65.1 Å². The van der Waals surface area contributed by atoms with Gasteiger partial charge in [0, 0.05) is 31.1 Å². The minimum Gasteiger partial charge on any atom is -0.357 e. The van der Waals surface area contributed by atoms with E-state index in [0.717, 1.165) is 53.8 Å². The number of benzene rings is 2. The van der Waals surface area contributed by atoms with Crippen LogP contribution in [0, 0.1) is 0 Å². The van der Waals surface area contributed by atoms with Gasteiger partial charge in [-0.3, -0.25) is 4.99 Å². The SMILES string of the molecule is CCNC(=NCCc1nc2ccccc2[nH]1)NCCc1ccc(Cl)cc1.I. The smallest absolute Gasteiger partial charge is 0.191 e. The molecule has 0 bridgehead atoms. The Morgan fingerprint density at radius 2 is 1.85 bits per heavy atom. The molecule has 2 aromatic carbocycles. The highest BCUT2D eigenvalue weighted by molar-refractivity contribution is 14.0. The van der Waals surface area contributed by atoms with Crippen LogP contribution in [0.4, 0.5) is 0 Å². The third-order valence-electron chi connectivity index (χ3n) is 4.02. The molecule has 1 heterocycles. The number of aliphatic imine (C=N–C) groups is 1.